The summed E-state index contributed by atoms with van der Waals surface area (Å²) in [7, 11) is 0. The first-order valence-corrected chi connectivity index (χ1v) is 5.80. The Bertz CT molecular complexity index is 427. The van der Waals surface area contributed by atoms with Crippen LogP contribution in [0.5, 0.6) is 0 Å². The third kappa shape index (κ3) is 3.05. The Labute approximate surface area is 101 Å². The van der Waals surface area contributed by atoms with Crippen LogP contribution in [0.25, 0.3) is 0 Å². The van der Waals surface area contributed by atoms with Crippen LogP contribution in [0.4, 0.5) is 0 Å². The van der Waals surface area contributed by atoms with Gasteiger partial charge in [-0.05, 0) is 37.1 Å². The van der Waals surface area contributed by atoms with Crippen molar-refractivity contribution in [2.75, 3.05) is 6.54 Å². The summed E-state index contributed by atoms with van der Waals surface area (Å²) < 4.78 is 0. The number of hydrogen-bond acceptors (Lipinski definition) is 3. The Morgan fingerprint density at radius 1 is 1.47 bits per heavy atom. The Hall–Kier alpha value is -1.86. The number of rotatable bonds is 3. The van der Waals surface area contributed by atoms with Crippen LogP contribution in [0.2, 0.25) is 0 Å². The van der Waals surface area contributed by atoms with E-state index in [1.807, 2.05) is 12.1 Å². The molecule has 4 nitrogen and oxygen atoms in total. The highest BCUT2D eigenvalue weighted by Gasteiger charge is 2.21. The molecule has 0 bridgehead atoms. The van der Waals surface area contributed by atoms with Crippen LogP contribution < -0.4 is 10.6 Å². The van der Waals surface area contributed by atoms with E-state index in [-0.39, 0.29) is 11.9 Å². The molecule has 1 aliphatic heterocycles. The molecular formula is C13H15N3O. The summed E-state index contributed by atoms with van der Waals surface area (Å²) in [5.74, 6) is 0.0619. The molecule has 0 radical (unpaired) electrons. The molecule has 2 rings (SSSR count). The van der Waals surface area contributed by atoms with Crippen molar-refractivity contribution in [3.63, 3.8) is 0 Å². The van der Waals surface area contributed by atoms with Crippen molar-refractivity contribution in [2.45, 2.75) is 25.4 Å². The fourth-order valence-electron chi connectivity index (χ4n) is 1.92. The first kappa shape index (κ1) is 11.6. The van der Waals surface area contributed by atoms with Gasteiger partial charge in [0.1, 0.15) is 0 Å². The summed E-state index contributed by atoms with van der Waals surface area (Å²) in [6.07, 6.45) is 1.98. The average molecular weight is 229 g/mol. The second-order valence-electron chi connectivity index (χ2n) is 4.18. The van der Waals surface area contributed by atoms with Crippen LogP contribution in [0.15, 0.2) is 24.3 Å². The SMILES string of the molecule is N#Cc1ccc(CNC(=O)C2CCCN2)cc1. The van der Waals surface area contributed by atoms with Crippen molar-refractivity contribution >= 4 is 5.91 Å². The van der Waals surface area contributed by atoms with E-state index < -0.39 is 0 Å². The lowest BCUT2D eigenvalue weighted by Gasteiger charge is -2.10. The molecule has 1 unspecified atom stereocenters. The number of carbonyl (C=O) groups excluding carboxylic acids is 1. The van der Waals surface area contributed by atoms with Crippen molar-refractivity contribution in [3.05, 3.63) is 35.4 Å². The van der Waals surface area contributed by atoms with E-state index in [4.69, 9.17) is 5.26 Å². The molecule has 0 aliphatic carbocycles. The smallest absolute Gasteiger partial charge is 0.237 e. The van der Waals surface area contributed by atoms with Crippen LogP contribution in [0, 0.1) is 11.3 Å². The second kappa shape index (κ2) is 5.46. The highest BCUT2D eigenvalue weighted by atomic mass is 16.2. The number of nitrogens with one attached hydrogen (secondary N) is 2. The van der Waals surface area contributed by atoms with Gasteiger partial charge in [0.05, 0.1) is 17.7 Å². The van der Waals surface area contributed by atoms with Crippen molar-refractivity contribution in [1.29, 1.82) is 5.26 Å². The Morgan fingerprint density at radius 3 is 2.82 bits per heavy atom. The zero-order valence-corrected chi connectivity index (χ0v) is 9.57. The molecular weight excluding hydrogens is 214 g/mol. The summed E-state index contributed by atoms with van der Waals surface area (Å²) in [4.78, 5) is 11.7. The summed E-state index contributed by atoms with van der Waals surface area (Å²) >= 11 is 0. The summed E-state index contributed by atoms with van der Waals surface area (Å²) in [5, 5.41) is 14.7. The maximum absolute atomic E-state index is 11.7. The number of nitrogens with zero attached hydrogens (tertiary/aromatic N) is 1. The molecule has 88 valence electrons. The summed E-state index contributed by atoms with van der Waals surface area (Å²) in [6, 6.07) is 9.28. The summed E-state index contributed by atoms with van der Waals surface area (Å²) in [6.45, 7) is 1.44. The minimum Gasteiger partial charge on any atom is -0.351 e. The van der Waals surface area contributed by atoms with Gasteiger partial charge in [0, 0.05) is 6.54 Å². The predicted octanol–water partition coefficient (Wildman–Crippen LogP) is 0.926. The van der Waals surface area contributed by atoms with Gasteiger partial charge < -0.3 is 10.6 Å². The van der Waals surface area contributed by atoms with Crippen molar-refractivity contribution in [3.8, 4) is 6.07 Å². The lowest BCUT2D eigenvalue weighted by Crippen LogP contribution is -2.39. The molecule has 0 spiro atoms. The van der Waals surface area contributed by atoms with Gasteiger partial charge in [0.15, 0.2) is 0 Å². The average Bonchev–Trinajstić information content (AvgIpc) is 2.90. The summed E-state index contributed by atoms with van der Waals surface area (Å²) in [5.41, 5.74) is 1.65. The number of benzene rings is 1. The fraction of sp³-hybridized carbons (Fsp3) is 0.385. The van der Waals surface area contributed by atoms with Crippen molar-refractivity contribution in [1.82, 2.24) is 10.6 Å². The number of carbonyl (C=O) groups is 1. The topological polar surface area (TPSA) is 64.9 Å². The zero-order valence-electron chi connectivity index (χ0n) is 9.57. The van der Waals surface area contributed by atoms with E-state index in [1.165, 1.54) is 0 Å². The van der Waals surface area contributed by atoms with E-state index in [0.29, 0.717) is 12.1 Å². The highest BCUT2D eigenvalue weighted by molar-refractivity contribution is 5.81. The van der Waals surface area contributed by atoms with Gasteiger partial charge in [0.25, 0.3) is 0 Å². The van der Waals surface area contributed by atoms with E-state index in [2.05, 4.69) is 16.7 Å². The van der Waals surface area contributed by atoms with E-state index in [0.717, 1.165) is 24.9 Å². The lowest BCUT2D eigenvalue weighted by molar-refractivity contribution is -0.122. The third-order valence-corrected chi connectivity index (χ3v) is 2.93. The molecule has 0 saturated carbocycles. The molecule has 1 aliphatic rings. The standard InChI is InChI=1S/C13H15N3O/c14-8-10-3-5-11(6-4-10)9-16-13(17)12-2-1-7-15-12/h3-6,12,15H,1-2,7,9H2,(H,16,17). The number of hydrogen-bond donors (Lipinski definition) is 2. The molecule has 4 heteroatoms. The number of amides is 1. The molecule has 17 heavy (non-hydrogen) atoms. The normalized spacial score (nSPS) is 18.6. The first-order chi connectivity index (χ1) is 8.29. The molecule has 0 aromatic heterocycles. The molecule has 1 aromatic rings. The Morgan fingerprint density at radius 2 is 2.24 bits per heavy atom. The Kier molecular flexibility index (Phi) is 3.73. The van der Waals surface area contributed by atoms with Gasteiger partial charge in [-0.1, -0.05) is 12.1 Å². The zero-order chi connectivity index (χ0) is 12.1. The third-order valence-electron chi connectivity index (χ3n) is 2.93. The van der Waals surface area contributed by atoms with Crippen LogP contribution in [-0.4, -0.2) is 18.5 Å². The van der Waals surface area contributed by atoms with Gasteiger partial charge in [-0.3, -0.25) is 4.79 Å². The van der Waals surface area contributed by atoms with Gasteiger partial charge >= 0.3 is 0 Å². The maximum Gasteiger partial charge on any atom is 0.237 e. The Balaban J connectivity index is 1.84. The molecule has 1 atom stereocenters. The minimum atomic E-state index is -0.0339. The molecule has 1 heterocycles. The highest BCUT2D eigenvalue weighted by Crippen LogP contribution is 2.06. The van der Waals surface area contributed by atoms with Crippen LogP contribution in [0.1, 0.15) is 24.0 Å². The fourth-order valence-corrected chi connectivity index (χ4v) is 1.92. The molecule has 2 N–H and O–H groups in total. The molecule has 1 fully saturated rings. The van der Waals surface area contributed by atoms with Crippen LogP contribution in [-0.2, 0) is 11.3 Å². The monoisotopic (exact) mass is 229 g/mol. The molecule has 1 aromatic carbocycles. The van der Waals surface area contributed by atoms with Crippen LogP contribution in [0.3, 0.4) is 0 Å². The number of nitriles is 1. The lowest BCUT2D eigenvalue weighted by atomic mass is 10.1. The minimum absolute atomic E-state index is 0.0339. The predicted molar refractivity (Wildman–Crippen MR) is 64.0 cm³/mol. The molecule has 1 amide bonds. The van der Waals surface area contributed by atoms with Crippen molar-refractivity contribution in [2.24, 2.45) is 0 Å². The van der Waals surface area contributed by atoms with Crippen LogP contribution >= 0.6 is 0 Å². The van der Waals surface area contributed by atoms with Gasteiger partial charge in [0.2, 0.25) is 5.91 Å². The quantitative estimate of drug-likeness (QED) is 0.810. The van der Waals surface area contributed by atoms with E-state index in [1.54, 1.807) is 12.1 Å². The van der Waals surface area contributed by atoms with Gasteiger partial charge in [-0.25, -0.2) is 0 Å². The largest absolute Gasteiger partial charge is 0.351 e. The van der Waals surface area contributed by atoms with Gasteiger partial charge in [-0.15, -0.1) is 0 Å². The maximum atomic E-state index is 11.7. The van der Waals surface area contributed by atoms with E-state index in [9.17, 15) is 4.79 Å². The second-order valence-corrected chi connectivity index (χ2v) is 4.18. The first-order valence-electron chi connectivity index (χ1n) is 5.80. The van der Waals surface area contributed by atoms with E-state index >= 15 is 0 Å². The molecule has 1 saturated heterocycles. The van der Waals surface area contributed by atoms with Gasteiger partial charge in [-0.2, -0.15) is 5.26 Å². The van der Waals surface area contributed by atoms with Crippen molar-refractivity contribution < 1.29 is 4.79 Å².